The Morgan fingerprint density at radius 2 is 1.83 bits per heavy atom. The molecule has 0 saturated heterocycles. The van der Waals surface area contributed by atoms with E-state index >= 15 is 0 Å². The topological polar surface area (TPSA) is 87.7 Å². The van der Waals surface area contributed by atoms with E-state index in [0.29, 0.717) is 31.6 Å². The van der Waals surface area contributed by atoms with E-state index in [-0.39, 0.29) is 17.4 Å². The molecule has 1 saturated carbocycles. The monoisotopic (exact) mass is 333 g/mol. The van der Waals surface area contributed by atoms with Gasteiger partial charge in [0.1, 0.15) is 5.41 Å². The van der Waals surface area contributed by atoms with E-state index < -0.39 is 11.4 Å². The van der Waals surface area contributed by atoms with Crippen molar-refractivity contribution in [3.63, 3.8) is 0 Å². The molecule has 0 radical (unpaired) electrons. The number of esters is 1. The minimum Gasteiger partial charge on any atom is -0.465 e. The molecule has 24 heavy (non-hydrogen) atoms. The Labute approximate surface area is 141 Å². The molecule has 0 bridgehead atoms. The fourth-order valence-electron chi connectivity index (χ4n) is 2.37. The summed E-state index contributed by atoms with van der Waals surface area (Å²) < 4.78 is 4.71. The molecule has 1 aromatic rings. The molecule has 130 valence electrons. The molecule has 1 aliphatic rings. The van der Waals surface area contributed by atoms with Gasteiger partial charge in [-0.2, -0.15) is 0 Å². The predicted octanol–water partition coefficient (Wildman–Crippen LogP) is 0.870. The molecule has 7 heteroatoms. The highest BCUT2D eigenvalue weighted by Gasteiger charge is 2.56. The van der Waals surface area contributed by atoms with Crippen molar-refractivity contribution in [3.05, 3.63) is 29.8 Å². The fraction of sp³-hybridized carbons (Fsp3) is 0.471. The van der Waals surface area contributed by atoms with Crippen LogP contribution in [0.25, 0.3) is 0 Å². The number of nitrogens with zero attached hydrogens (tertiary/aromatic N) is 1. The first-order valence-corrected chi connectivity index (χ1v) is 7.82. The van der Waals surface area contributed by atoms with Gasteiger partial charge < -0.3 is 20.3 Å². The highest BCUT2D eigenvalue weighted by atomic mass is 16.5. The Balaban J connectivity index is 2.04. The van der Waals surface area contributed by atoms with Crippen LogP contribution >= 0.6 is 0 Å². The maximum atomic E-state index is 12.6. The van der Waals surface area contributed by atoms with Crippen molar-refractivity contribution in [1.82, 2.24) is 10.2 Å². The summed E-state index contributed by atoms with van der Waals surface area (Å²) in [6.07, 6.45) is 1.01. The smallest absolute Gasteiger partial charge is 0.339 e. The Hall–Kier alpha value is -2.41. The Morgan fingerprint density at radius 1 is 1.17 bits per heavy atom. The number of rotatable bonds is 7. The largest absolute Gasteiger partial charge is 0.465 e. The molecule has 7 nitrogen and oxygen atoms in total. The lowest BCUT2D eigenvalue weighted by atomic mass is 10.0. The molecule has 2 N–H and O–H groups in total. The van der Waals surface area contributed by atoms with Crippen molar-refractivity contribution in [1.29, 1.82) is 0 Å². The number of methoxy groups -OCH3 is 1. The van der Waals surface area contributed by atoms with Crippen molar-refractivity contribution in [3.8, 4) is 0 Å². The molecule has 0 aliphatic heterocycles. The number of amides is 2. The second kappa shape index (κ2) is 7.44. The van der Waals surface area contributed by atoms with Gasteiger partial charge in [0.25, 0.3) is 0 Å². The SMILES string of the molecule is COC(=O)c1ccccc1NC(=O)C1(C(=O)NCCN(C)C)CC1. The number of carbonyl (C=O) groups excluding carboxylic acids is 3. The lowest BCUT2D eigenvalue weighted by Gasteiger charge is -2.17. The maximum absolute atomic E-state index is 12.6. The van der Waals surface area contributed by atoms with E-state index in [2.05, 4.69) is 10.6 Å². The lowest BCUT2D eigenvalue weighted by molar-refractivity contribution is -0.134. The van der Waals surface area contributed by atoms with Crippen LogP contribution in [-0.4, -0.2) is 57.0 Å². The number of para-hydroxylation sites is 1. The van der Waals surface area contributed by atoms with Crippen molar-refractivity contribution < 1.29 is 19.1 Å². The second-order valence-corrected chi connectivity index (χ2v) is 6.13. The standard InChI is InChI=1S/C17H23N3O4/c1-20(2)11-10-18-15(22)17(8-9-17)16(23)19-13-7-5-4-6-12(13)14(21)24-3/h4-7H,8-11H2,1-3H3,(H,18,22)(H,19,23). The first-order valence-electron chi connectivity index (χ1n) is 7.82. The molecule has 1 fully saturated rings. The van der Waals surface area contributed by atoms with E-state index in [9.17, 15) is 14.4 Å². The van der Waals surface area contributed by atoms with Gasteiger partial charge in [0.15, 0.2) is 0 Å². The molecule has 1 aliphatic carbocycles. The van der Waals surface area contributed by atoms with Crippen LogP contribution in [0.3, 0.4) is 0 Å². The van der Waals surface area contributed by atoms with Crippen molar-refractivity contribution in [2.24, 2.45) is 5.41 Å². The Kier molecular flexibility index (Phi) is 5.56. The van der Waals surface area contributed by atoms with Gasteiger partial charge in [0.05, 0.1) is 18.4 Å². The van der Waals surface area contributed by atoms with E-state index in [1.165, 1.54) is 7.11 Å². The van der Waals surface area contributed by atoms with Gasteiger partial charge in [0, 0.05) is 13.1 Å². The molecule has 0 spiro atoms. The molecule has 0 aromatic heterocycles. The van der Waals surface area contributed by atoms with Crippen LogP contribution in [0.4, 0.5) is 5.69 Å². The maximum Gasteiger partial charge on any atom is 0.339 e. The lowest BCUT2D eigenvalue weighted by Crippen LogP contribution is -2.42. The third-order valence-corrected chi connectivity index (χ3v) is 4.04. The summed E-state index contributed by atoms with van der Waals surface area (Å²) in [5.74, 6) is -1.19. The van der Waals surface area contributed by atoms with Gasteiger partial charge in [-0.25, -0.2) is 4.79 Å². The molecular formula is C17H23N3O4. The highest BCUT2D eigenvalue weighted by molar-refractivity contribution is 6.14. The number of hydrogen-bond acceptors (Lipinski definition) is 5. The van der Waals surface area contributed by atoms with E-state index in [1.54, 1.807) is 24.3 Å². The van der Waals surface area contributed by atoms with Gasteiger partial charge in [-0.05, 0) is 39.1 Å². The summed E-state index contributed by atoms with van der Waals surface area (Å²) in [6.45, 7) is 1.19. The quantitative estimate of drug-likeness (QED) is 0.571. The minimum absolute atomic E-state index is 0.261. The van der Waals surface area contributed by atoms with Gasteiger partial charge in [0.2, 0.25) is 11.8 Å². The van der Waals surface area contributed by atoms with Crippen LogP contribution in [0.2, 0.25) is 0 Å². The Bertz CT molecular complexity index is 638. The number of carbonyl (C=O) groups is 3. The van der Waals surface area contributed by atoms with Gasteiger partial charge >= 0.3 is 5.97 Å². The van der Waals surface area contributed by atoms with Gasteiger partial charge in [-0.1, -0.05) is 12.1 Å². The minimum atomic E-state index is -1.03. The molecule has 0 unspecified atom stereocenters. The summed E-state index contributed by atoms with van der Waals surface area (Å²) in [5, 5.41) is 5.50. The second-order valence-electron chi connectivity index (χ2n) is 6.13. The number of hydrogen-bond donors (Lipinski definition) is 2. The highest BCUT2D eigenvalue weighted by Crippen LogP contribution is 2.47. The zero-order chi connectivity index (χ0) is 17.7. The van der Waals surface area contributed by atoms with Crippen molar-refractivity contribution in [2.75, 3.05) is 39.6 Å². The number of likely N-dealkylation sites (N-methyl/N-ethyl adjacent to an activating group) is 1. The molecule has 0 atom stereocenters. The molecule has 2 rings (SSSR count). The van der Waals surface area contributed by atoms with Crippen LogP contribution in [0, 0.1) is 5.41 Å². The first-order chi connectivity index (χ1) is 11.4. The van der Waals surface area contributed by atoms with Gasteiger partial charge in [-0.15, -0.1) is 0 Å². The average Bonchev–Trinajstić information content (AvgIpc) is 3.36. The molecule has 1 aromatic carbocycles. The average molecular weight is 333 g/mol. The van der Waals surface area contributed by atoms with Crippen molar-refractivity contribution >= 4 is 23.5 Å². The van der Waals surface area contributed by atoms with Crippen LogP contribution in [0.1, 0.15) is 23.2 Å². The number of anilines is 1. The Morgan fingerprint density at radius 3 is 2.42 bits per heavy atom. The number of ether oxygens (including phenoxy) is 1. The van der Waals surface area contributed by atoms with Crippen LogP contribution < -0.4 is 10.6 Å². The molecule has 0 heterocycles. The number of nitrogens with one attached hydrogen (secondary N) is 2. The zero-order valence-electron chi connectivity index (χ0n) is 14.2. The third kappa shape index (κ3) is 3.91. The summed E-state index contributed by atoms with van der Waals surface area (Å²) >= 11 is 0. The summed E-state index contributed by atoms with van der Waals surface area (Å²) in [5.41, 5.74) is -0.422. The van der Waals surface area contributed by atoms with E-state index in [4.69, 9.17) is 4.74 Å². The summed E-state index contributed by atoms with van der Waals surface area (Å²) in [6, 6.07) is 6.57. The summed E-state index contributed by atoms with van der Waals surface area (Å²) in [7, 11) is 5.10. The van der Waals surface area contributed by atoms with Crippen molar-refractivity contribution in [2.45, 2.75) is 12.8 Å². The van der Waals surface area contributed by atoms with E-state index in [1.807, 2.05) is 19.0 Å². The molecule has 2 amide bonds. The third-order valence-electron chi connectivity index (χ3n) is 4.04. The summed E-state index contributed by atoms with van der Waals surface area (Å²) in [4.78, 5) is 38.6. The van der Waals surface area contributed by atoms with E-state index in [0.717, 1.165) is 0 Å². The fourth-order valence-corrected chi connectivity index (χ4v) is 2.37. The number of benzene rings is 1. The van der Waals surface area contributed by atoms with Crippen LogP contribution in [-0.2, 0) is 14.3 Å². The predicted molar refractivity (Wildman–Crippen MR) is 89.6 cm³/mol. The normalized spacial score (nSPS) is 14.8. The van der Waals surface area contributed by atoms with Gasteiger partial charge in [-0.3, -0.25) is 9.59 Å². The molecular weight excluding hydrogens is 310 g/mol. The van der Waals surface area contributed by atoms with Crippen LogP contribution in [0.5, 0.6) is 0 Å². The van der Waals surface area contributed by atoms with Crippen LogP contribution in [0.15, 0.2) is 24.3 Å². The zero-order valence-corrected chi connectivity index (χ0v) is 14.2. The first kappa shape index (κ1) is 17.9.